The quantitative estimate of drug-likeness (QED) is 0.644. The van der Waals surface area contributed by atoms with Crippen molar-refractivity contribution in [3.05, 3.63) is 0 Å². The Hall–Kier alpha value is -1.26. The zero-order valence-corrected chi connectivity index (χ0v) is 16.1. The van der Waals surface area contributed by atoms with Crippen molar-refractivity contribution in [1.29, 1.82) is 0 Å². The third kappa shape index (κ3) is 8.55. The maximum Gasteiger partial charge on any atom is 0.410 e. The molecule has 0 unspecified atom stereocenters. The molecule has 1 fully saturated rings. The van der Waals surface area contributed by atoms with Gasteiger partial charge in [0.15, 0.2) is 0 Å². The van der Waals surface area contributed by atoms with Crippen molar-refractivity contribution in [1.82, 2.24) is 4.90 Å². The molecule has 1 rings (SSSR count). The number of carbonyl (C=O) groups is 2. The molecule has 1 amide bonds. The van der Waals surface area contributed by atoms with E-state index in [1.165, 1.54) is 25.7 Å². The lowest BCUT2D eigenvalue weighted by molar-refractivity contribution is -0.143. The Bertz CT molecular complexity index is 395. The van der Waals surface area contributed by atoms with Crippen molar-refractivity contribution >= 4 is 12.1 Å². The van der Waals surface area contributed by atoms with Gasteiger partial charge in [0, 0.05) is 20.0 Å². The number of ether oxygens (including phenoxy) is 2. The summed E-state index contributed by atoms with van der Waals surface area (Å²) in [6.07, 6.45) is 7.02. The summed E-state index contributed by atoms with van der Waals surface area (Å²) in [6, 6.07) is 0. The Morgan fingerprint density at radius 1 is 1.04 bits per heavy atom. The van der Waals surface area contributed by atoms with Gasteiger partial charge in [-0.1, -0.05) is 25.7 Å². The summed E-state index contributed by atoms with van der Waals surface area (Å²) in [6.45, 7) is 8.71. The Balaban J connectivity index is 2.19. The van der Waals surface area contributed by atoms with Crippen LogP contribution in [0.15, 0.2) is 0 Å². The third-order valence-corrected chi connectivity index (χ3v) is 4.61. The monoisotopic (exact) mass is 341 g/mol. The molecule has 5 heteroatoms. The fourth-order valence-corrected chi connectivity index (χ4v) is 3.17. The van der Waals surface area contributed by atoms with Gasteiger partial charge in [-0.25, -0.2) is 4.79 Å². The van der Waals surface area contributed by atoms with Gasteiger partial charge in [0.2, 0.25) is 0 Å². The number of esters is 1. The Labute approximate surface area is 147 Å². The van der Waals surface area contributed by atoms with Crippen LogP contribution >= 0.6 is 0 Å². The van der Waals surface area contributed by atoms with E-state index < -0.39 is 5.60 Å². The molecule has 24 heavy (non-hydrogen) atoms. The summed E-state index contributed by atoms with van der Waals surface area (Å²) in [5, 5.41) is 0. The fourth-order valence-electron chi connectivity index (χ4n) is 3.17. The molecular weight excluding hydrogens is 306 g/mol. The minimum atomic E-state index is -0.442. The first kappa shape index (κ1) is 20.8. The van der Waals surface area contributed by atoms with E-state index in [-0.39, 0.29) is 12.1 Å². The predicted octanol–water partition coefficient (Wildman–Crippen LogP) is 4.39. The molecule has 0 aliphatic heterocycles. The molecule has 0 N–H and O–H groups in total. The molecule has 1 aliphatic rings. The molecule has 0 atom stereocenters. The average molecular weight is 341 g/mol. The second-order valence-corrected chi connectivity index (χ2v) is 7.92. The number of nitrogens with zero attached hydrogens (tertiary/aromatic N) is 1. The lowest BCUT2D eigenvalue weighted by Crippen LogP contribution is -2.35. The second kappa shape index (κ2) is 9.90. The van der Waals surface area contributed by atoms with Crippen molar-refractivity contribution in [2.45, 2.75) is 78.2 Å². The number of hydrogen-bond donors (Lipinski definition) is 0. The smallest absolute Gasteiger partial charge is 0.410 e. The highest BCUT2D eigenvalue weighted by atomic mass is 16.6. The van der Waals surface area contributed by atoms with Gasteiger partial charge >= 0.3 is 12.1 Å². The maximum absolute atomic E-state index is 11.9. The van der Waals surface area contributed by atoms with Crippen LogP contribution in [-0.2, 0) is 14.3 Å². The van der Waals surface area contributed by atoms with Crippen molar-refractivity contribution in [3.63, 3.8) is 0 Å². The highest BCUT2D eigenvalue weighted by molar-refractivity contribution is 5.69. The lowest BCUT2D eigenvalue weighted by Gasteiger charge is -2.30. The van der Waals surface area contributed by atoms with Gasteiger partial charge in [0.05, 0.1) is 6.61 Å². The summed E-state index contributed by atoms with van der Waals surface area (Å²) < 4.78 is 10.4. The normalized spacial score (nSPS) is 21.2. The van der Waals surface area contributed by atoms with Crippen molar-refractivity contribution in [2.24, 2.45) is 11.8 Å². The predicted molar refractivity (Wildman–Crippen MR) is 94.8 cm³/mol. The largest absolute Gasteiger partial charge is 0.466 e. The minimum absolute atomic E-state index is 0.0707. The van der Waals surface area contributed by atoms with Gasteiger partial charge in [0.25, 0.3) is 0 Å². The van der Waals surface area contributed by atoms with E-state index in [4.69, 9.17) is 9.47 Å². The van der Waals surface area contributed by atoms with Crippen LogP contribution in [0.2, 0.25) is 0 Å². The van der Waals surface area contributed by atoms with Crippen LogP contribution in [0.1, 0.15) is 72.6 Å². The molecule has 0 aromatic heterocycles. The summed E-state index contributed by atoms with van der Waals surface area (Å²) in [4.78, 5) is 25.0. The first-order chi connectivity index (χ1) is 11.2. The molecule has 0 bridgehead atoms. The van der Waals surface area contributed by atoms with Gasteiger partial charge < -0.3 is 14.4 Å². The third-order valence-electron chi connectivity index (χ3n) is 4.61. The average Bonchev–Trinajstić information content (AvgIpc) is 2.50. The van der Waals surface area contributed by atoms with Crippen LogP contribution in [0.3, 0.4) is 0 Å². The first-order valence-corrected chi connectivity index (χ1v) is 9.31. The molecule has 140 valence electrons. The highest BCUT2D eigenvalue weighted by Crippen LogP contribution is 2.33. The van der Waals surface area contributed by atoms with E-state index >= 15 is 0 Å². The summed E-state index contributed by atoms with van der Waals surface area (Å²) in [5.74, 6) is 1.25. The molecule has 0 aromatic rings. The van der Waals surface area contributed by atoms with Crippen LogP contribution in [-0.4, -0.2) is 42.8 Å². The van der Waals surface area contributed by atoms with Gasteiger partial charge in [-0.05, 0) is 52.4 Å². The van der Waals surface area contributed by atoms with Crippen molar-refractivity contribution in [3.8, 4) is 0 Å². The second-order valence-electron chi connectivity index (χ2n) is 7.92. The fraction of sp³-hybridized carbons (Fsp3) is 0.895. The molecular formula is C19H35NO4. The van der Waals surface area contributed by atoms with Gasteiger partial charge in [-0.3, -0.25) is 4.79 Å². The van der Waals surface area contributed by atoms with E-state index in [1.54, 1.807) is 11.9 Å². The molecule has 0 aromatic carbocycles. The van der Waals surface area contributed by atoms with Crippen LogP contribution in [0, 0.1) is 11.8 Å². The van der Waals surface area contributed by atoms with E-state index in [0.29, 0.717) is 24.9 Å². The van der Waals surface area contributed by atoms with Crippen LogP contribution in [0.4, 0.5) is 4.79 Å². The first-order valence-electron chi connectivity index (χ1n) is 9.31. The van der Waals surface area contributed by atoms with Crippen molar-refractivity contribution in [2.75, 3.05) is 20.2 Å². The molecule has 0 radical (unpaired) electrons. The van der Waals surface area contributed by atoms with E-state index in [0.717, 1.165) is 19.4 Å². The Kier molecular flexibility index (Phi) is 8.57. The topological polar surface area (TPSA) is 55.8 Å². The van der Waals surface area contributed by atoms with Gasteiger partial charge in [-0.15, -0.1) is 0 Å². The Morgan fingerprint density at radius 2 is 1.58 bits per heavy atom. The zero-order chi connectivity index (χ0) is 18.2. The number of amides is 1. The molecule has 0 heterocycles. The number of rotatable bonds is 7. The van der Waals surface area contributed by atoms with Crippen LogP contribution in [0.5, 0.6) is 0 Å². The SMILES string of the molecule is CCOC(=O)CCC1CCC(CCN(C)C(=O)OC(C)(C)C)CC1. The van der Waals surface area contributed by atoms with Gasteiger partial charge in [0.1, 0.15) is 5.60 Å². The summed E-state index contributed by atoms with van der Waals surface area (Å²) in [7, 11) is 1.80. The molecule has 0 saturated heterocycles. The van der Waals surface area contributed by atoms with E-state index in [1.807, 2.05) is 27.7 Å². The summed E-state index contributed by atoms with van der Waals surface area (Å²) in [5.41, 5.74) is -0.442. The highest BCUT2D eigenvalue weighted by Gasteiger charge is 2.24. The zero-order valence-electron chi connectivity index (χ0n) is 16.1. The number of hydrogen-bond acceptors (Lipinski definition) is 4. The van der Waals surface area contributed by atoms with E-state index in [2.05, 4.69) is 0 Å². The van der Waals surface area contributed by atoms with Crippen molar-refractivity contribution < 1.29 is 19.1 Å². The number of carbonyl (C=O) groups excluding carboxylic acids is 2. The van der Waals surface area contributed by atoms with Gasteiger partial charge in [-0.2, -0.15) is 0 Å². The summed E-state index contributed by atoms with van der Waals surface area (Å²) >= 11 is 0. The molecule has 1 saturated carbocycles. The Morgan fingerprint density at radius 3 is 2.08 bits per heavy atom. The van der Waals surface area contributed by atoms with E-state index in [9.17, 15) is 9.59 Å². The lowest BCUT2D eigenvalue weighted by atomic mass is 9.79. The molecule has 0 spiro atoms. The van der Waals surface area contributed by atoms with Crippen LogP contribution in [0.25, 0.3) is 0 Å². The standard InChI is InChI=1S/C19H35NO4/c1-6-23-17(21)12-11-15-7-9-16(10-8-15)13-14-20(5)18(22)24-19(2,3)4/h15-16H,6-14H2,1-5H3. The minimum Gasteiger partial charge on any atom is -0.466 e. The molecule has 1 aliphatic carbocycles. The maximum atomic E-state index is 11.9. The van der Waals surface area contributed by atoms with Crippen LogP contribution < -0.4 is 0 Å². The molecule has 5 nitrogen and oxygen atoms in total.